The summed E-state index contributed by atoms with van der Waals surface area (Å²) >= 11 is 0. The summed E-state index contributed by atoms with van der Waals surface area (Å²) in [6.45, 7) is 9.72. The molecule has 2 N–H and O–H groups in total. The molecule has 0 unspecified atom stereocenters. The van der Waals surface area contributed by atoms with Crippen molar-refractivity contribution >= 4 is 23.2 Å². The molecule has 1 aromatic carbocycles. The number of fused-ring (bicyclic) bond motifs is 1. The standard InChI is InChI=1S/C32H43N5O4/c1-23(2)9-7-10-24(3)15-19-37-29-14-13-27(36-18-8-12-30(36)39)21-28(29)32(41,31(37)40)25(4)11-5-6-17-35-22-26(16-20-38)33-34-35/h5,9,11,13-15,21-22,25,38,41H,6-8,10,12,16-20H2,1-4H3/b11-5+,24-15+/t25-,32+/m0/s1. The van der Waals surface area contributed by atoms with Crippen LogP contribution in [0.3, 0.4) is 0 Å². The molecule has 2 atom stereocenters. The molecule has 2 aliphatic rings. The van der Waals surface area contributed by atoms with Crippen LogP contribution in [0.1, 0.15) is 71.1 Å². The predicted molar refractivity (Wildman–Crippen MR) is 160 cm³/mol. The van der Waals surface area contributed by atoms with Gasteiger partial charge in [0.25, 0.3) is 5.91 Å². The zero-order valence-corrected chi connectivity index (χ0v) is 24.7. The van der Waals surface area contributed by atoms with Gasteiger partial charge in [0, 0.05) is 62.4 Å². The summed E-state index contributed by atoms with van der Waals surface area (Å²) in [7, 11) is 0. The number of carbonyl (C=O) groups is 2. The van der Waals surface area contributed by atoms with Crippen LogP contribution in [-0.2, 0) is 28.2 Å². The molecule has 0 saturated carbocycles. The van der Waals surface area contributed by atoms with Gasteiger partial charge in [-0.1, -0.05) is 47.6 Å². The molecular weight excluding hydrogens is 518 g/mol. The molecule has 3 heterocycles. The average molecular weight is 562 g/mol. The maximum atomic E-state index is 13.9. The molecule has 0 bridgehead atoms. The van der Waals surface area contributed by atoms with Crippen LogP contribution in [-0.4, -0.2) is 56.7 Å². The number of aliphatic hydroxyl groups is 2. The first-order chi connectivity index (χ1) is 19.6. The Morgan fingerprint density at radius 2 is 1.98 bits per heavy atom. The first-order valence-electron chi connectivity index (χ1n) is 14.6. The molecule has 9 heteroatoms. The van der Waals surface area contributed by atoms with Gasteiger partial charge in [-0.2, -0.15) is 0 Å². The molecule has 1 saturated heterocycles. The Hall–Kier alpha value is -3.56. The van der Waals surface area contributed by atoms with Gasteiger partial charge in [-0.05, 0) is 64.7 Å². The maximum absolute atomic E-state index is 13.9. The zero-order valence-electron chi connectivity index (χ0n) is 24.7. The smallest absolute Gasteiger partial charge is 0.264 e. The summed E-state index contributed by atoms with van der Waals surface area (Å²) in [5.74, 6) is -0.799. The number of aliphatic hydroxyl groups excluding tert-OH is 1. The number of aryl methyl sites for hydroxylation is 1. The molecule has 220 valence electrons. The Bertz CT molecular complexity index is 1340. The molecule has 41 heavy (non-hydrogen) atoms. The molecule has 0 aliphatic carbocycles. The van der Waals surface area contributed by atoms with Crippen LogP contribution in [0.2, 0.25) is 0 Å². The van der Waals surface area contributed by atoms with Crippen LogP contribution in [0.5, 0.6) is 0 Å². The number of aromatic nitrogens is 3. The van der Waals surface area contributed by atoms with Gasteiger partial charge < -0.3 is 20.0 Å². The monoisotopic (exact) mass is 561 g/mol. The van der Waals surface area contributed by atoms with Gasteiger partial charge in [0.2, 0.25) is 5.91 Å². The number of hydrogen-bond acceptors (Lipinski definition) is 6. The van der Waals surface area contributed by atoms with Crippen molar-refractivity contribution in [2.75, 3.05) is 29.5 Å². The van der Waals surface area contributed by atoms with Crippen molar-refractivity contribution in [3.05, 3.63) is 71.1 Å². The minimum absolute atomic E-state index is 0.0279. The van der Waals surface area contributed by atoms with Gasteiger partial charge >= 0.3 is 0 Å². The SMILES string of the molecule is CC(C)=CCC/C(C)=C/CN1C(=O)[C@@](O)([C@@H](C)/C=C/CCn2cc(CCO)nn2)c2cc(N3CCCC3=O)ccc21. The molecule has 4 rings (SSSR count). The fraction of sp³-hybridized carbons (Fsp3) is 0.500. The first kappa shape index (κ1) is 30.4. The minimum atomic E-state index is -1.75. The molecule has 2 aromatic rings. The Kier molecular flexibility index (Phi) is 9.94. The zero-order chi connectivity index (χ0) is 29.6. The molecule has 0 spiro atoms. The number of rotatable bonds is 13. The van der Waals surface area contributed by atoms with Crippen LogP contribution in [0.15, 0.2) is 59.8 Å². The Morgan fingerprint density at radius 1 is 1.17 bits per heavy atom. The lowest BCUT2D eigenvalue weighted by atomic mass is 9.82. The minimum Gasteiger partial charge on any atom is -0.396 e. The summed E-state index contributed by atoms with van der Waals surface area (Å²) in [5, 5.41) is 29.3. The van der Waals surface area contributed by atoms with E-state index in [2.05, 4.69) is 43.2 Å². The number of nitrogens with zero attached hydrogens (tertiary/aromatic N) is 5. The molecule has 2 amide bonds. The van der Waals surface area contributed by atoms with Crippen molar-refractivity contribution in [3.8, 4) is 0 Å². The van der Waals surface area contributed by atoms with Crippen molar-refractivity contribution in [2.24, 2.45) is 5.92 Å². The lowest BCUT2D eigenvalue weighted by molar-refractivity contribution is -0.139. The van der Waals surface area contributed by atoms with E-state index in [0.717, 1.165) is 25.0 Å². The molecule has 1 aromatic heterocycles. The quantitative estimate of drug-likeness (QED) is 0.350. The van der Waals surface area contributed by atoms with Crippen LogP contribution < -0.4 is 9.80 Å². The summed E-state index contributed by atoms with van der Waals surface area (Å²) in [5.41, 5.74) is 3.40. The van der Waals surface area contributed by atoms with Gasteiger partial charge in [0.1, 0.15) is 0 Å². The highest BCUT2D eigenvalue weighted by Gasteiger charge is 2.52. The topological polar surface area (TPSA) is 112 Å². The molecule has 1 fully saturated rings. The average Bonchev–Trinajstić information content (AvgIpc) is 3.63. The normalized spacial score (nSPS) is 19.9. The molecular formula is C32H43N5O4. The van der Waals surface area contributed by atoms with E-state index in [1.54, 1.807) is 14.5 Å². The van der Waals surface area contributed by atoms with E-state index in [0.29, 0.717) is 55.8 Å². The molecule has 2 aliphatic heterocycles. The van der Waals surface area contributed by atoms with E-state index in [1.165, 1.54) is 11.1 Å². The fourth-order valence-electron chi connectivity index (χ4n) is 5.47. The van der Waals surface area contributed by atoms with Crippen molar-refractivity contribution in [2.45, 2.75) is 78.4 Å². The third-order valence-electron chi connectivity index (χ3n) is 7.91. The highest BCUT2D eigenvalue weighted by Crippen LogP contribution is 2.47. The van der Waals surface area contributed by atoms with Crippen LogP contribution >= 0.6 is 0 Å². The van der Waals surface area contributed by atoms with Crippen molar-refractivity contribution in [3.63, 3.8) is 0 Å². The Labute approximate surface area is 242 Å². The number of hydrogen-bond donors (Lipinski definition) is 2. The van der Waals surface area contributed by atoms with E-state index < -0.39 is 11.5 Å². The lowest BCUT2D eigenvalue weighted by Gasteiger charge is -2.28. The van der Waals surface area contributed by atoms with E-state index in [4.69, 9.17) is 5.11 Å². The first-order valence-corrected chi connectivity index (χ1v) is 14.6. The van der Waals surface area contributed by atoms with Gasteiger partial charge in [0.15, 0.2) is 5.60 Å². The highest BCUT2D eigenvalue weighted by molar-refractivity contribution is 6.08. The van der Waals surface area contributed by atoms with E-state index >= 15 is 0 Å². The van der Waals surface area contributed by atoms with E-state index in [9.17, 15) is 14.7 Å². The second kappa shape index (κ2) is 13.4. The predicted octanol–water partition coefficient (Wildman–Crippen LogP) is 4.45. The third-order valence-corrected chi connectivity index (χ3v) is 7.91. The van der Waals surface area contributed by atoms with Crippen molar-refractivity contribution in [1.29, 1.82) is 0 Å². The van der Waals surface area contributed by atoms with Crippen LogP contribution in [0, 0.1) is 5.92 Å². The second-order valence-electron chi connectivity index (χ2n) is 11.4. The summed E-state index contributed by atoms with van der Waals surface area (Å²) < 4.78 is 1.72. The molecule has 9 nitrogen and oxygen atoms in total. The molecule has 0 radical (unpaired) electrons. The number of carbonyl (C=O) groups excluding carboxylic acids is 2. The van der Waals surface area contributed by atoms with Crippen LogP contribution in [0.25, 0.3) is 0 Å². The largest absolute Gasteiger partial charge is 0.396 e. The second-order valence-corrected chi connectivity index (χ2v) is 11.4. The van der Waals surface area contributed by atoms with Gasteiger partial charge in [0.05, 0.1) is 11.4 Å². The van der Waals surface area contributed by atoms with E-state index in [1.807, 2.05) is 43.5 Å². The Morgan fingerprint density at radius 3 is 2.68 bits per heavy atom. The van der Waals surface area contributed by atoms with Gasteiger partial charge in [-0.15, -0.1) is 5.10 Å². The maximum Gasteiger partial charge on any atom is 0.264 e. The van der Waals surface area contributed by atoms with Gasteiger partial charge in [-0.25, -0.2) is 0 Å². The number of allylic oxidation sites excluding steroid dienone is 4. The summed E-state index contributed by atoms with van der Waals surface area (Å²) in [6, 6.07) is 5.57. The van der Waals surface area contributed by atoms with Crippen molar-refractivity contribution < 1.29 is 19.8 Å². The summed E-state index contributed by atoms with van der Waals surface area (Å²) in [4.78, 5) is 29.8. The highest BCUT2D eigenvalue weighted by atomic mass is 16.3. The number of benzene rings is 1. The Balaban J connectivity index is 1.56. The fourth-order valence-corrected chi connectivity index (χ4v) is 5.47. The van der Waals surface area contributed by atoms with Crippen LogP contribution in [0.4, 0.5) is 11.4 Å². The number of anilines is 2. The van der Waals surface area contributed by atoms with Gasteiger partial charge in [-0.3, -0.25) is 14.3 Å². The van der Waals surface area contributed by atoms with E-state index in [-0.39, 0.29) is 18.4 Å². The number of amides is 2. The summed E-state index contributed by atoms with van der Waals surface area (Å²) in [6.07, 6.45) is 14.2. The van der Waals surface area contributed by atoms with Crippen molar-refractivity contribution in [1.82, 2.24) is 15.0 Å². The lowest BCUT2D eigenvalue weighted by Crippen LogP contribution is -2.44. The third kappa shape index (κ3) is 6.85.